The standard InChI is InChI=1S/C23H23N5O2/c1-15-8-10-20(24-13-15)18-9-11-22(17(3)12-18)30-14-19-16(2)6-5-7-21(19)28-23(29)27(4)25-26-28/h5-13H,14H2,1-4H3. The number of hydrogen-bond donors (Lipinski definition) is 0. The van der Waals surface area contributed by atoms with E-state index in [4.69, 9.17) is 4.74 Å². The number of ether oxygens (including phenoxy) is 1. The summed E-state index contributed by atoms with van der Waals surface area (Å²) in [6.45, 7) is 6.34. The molecule has 30 heavy (non-hydrogen) atoms. The monoisotopic (exact) mass is 401 g/mol. The lowest BCUT2D eigenvalue weighted by atomic mass is 10.1. The summed E-state index contributed by atoms with van der Waals surface area (Å²) in [4.78, 5) is 16.8. The Hall–Kier alpha value is -3.74. The van der Waals surface area contributed by atoms with Crippen molar-refractivity contribution in [3.63, 3.8) is 0 Å². The molecule has 0 saturated carbocycles. The molecule has 0 N–H and O–H groups in total. The quantitative estimate of drug-likeness (QED) is 0.511. The van der Waals surface area contributed by atoms with Crippen LogP contribution in [0.1, 0.15) is 22.3 Å². The SMILES string of the molecule is Cc1ccc(-c2ccc(OCc3c(C)cccc3-n3nnn(C)c3=O)c(C)c2)nc1. The van der Waals surface area contributed by atoms with E-state index < -0.39 is 0 Å². The average Bonchev–Trinajstić information content (AvgIpc) is 3.07. The Morgan fingerprint density at radius 3 is 2.47 bits per heavy atom. The van der Waals surface area contributed by atoms with Gasteiger partial charge in [-0.3, -0.25) is 4.98 Å². The molecule has 0 unspecified atom stereocenters. The van der Waals surface area contributed by atoms with Gasteiger partial charge < -0.3 is 4.74 Å². The molecule has 2 aromatic carbocycles. The van der Waals surface area contributed by atoms with E-state index in [1.54, 1.807) is 7.05 Å². The van der Waals surface area contributed by atoms with Crippen molar-refractivity contribution in [3.05, 3.63) is 87.5 Å². The second kappa shape index (κ2) is 7.94. The topological polar surface area (TPSA) is 74.8 Å². The minimum Gasteiger partial charge on any atom is -0.489 e. The molecular formula is C23H23N5O2. The van der Waals surface area contributed by atoms with E-state index in [9.17, 15) is 4.79 Å². The van der Waals surface area contributed by atoms with Crippen LogP contribution in [0.5, 0.6) is 5.75 Å². The van der Waals surface area contributed by atoms with Gasteiger partial charge in [0.2, 0.25) is 0 Å². The van der Waals surface area contributed by atoms with Crippen LogP contribution in [0.3, 0.4) is 0 Å². The van der Waals surface area contributed by atoms with Gasteiger partial charge in [0.15, 0.2) is 0 Å². The first-order valence-corrected chi connectivity index (χ1v) is 9.68. The van der Waals surface area contributed by atoms with Gasteiger partial charge in [0, 0.05) is 24.4 Å². The third-order valence-corrected chi connectivity index (χ3v) is 5.09. The molecule has 7 heteroatoms. The van der Waals surface area contributed by atoms with Gasteiger partial charge in [0.1, 0.15) is 12.4 Å². The van der Waals surface area contributed by atoms with Gasteiger partial charge in [-0.05, 0) is 78.2 Å². The fourth-order valence-electron chi connectivity index (χ4n) is 3.30. The first kappa shape index (κ1) is 19.6. The lowest BCUT2D eigenvalue weighted by Crippen LogP contribution is -2.23. The Kier molecular flexibility index (Phi) is 5.18. The minimum absolute atomic E-state index is 0.298. The normalized spacial score (nSPS) is 10.9. The fourth-order valence-corrected chi connectivity index (χ4v) is 3.30. The molecule has 2 heterocycles. The van der Waals surface area contributed by atoms with Crippen LogP contribution in [0.25, 0.3) is 16.9 Å². The van der Waals surface area contributed by atoms with Crippen molar-refractivity contribution in [3.8, 4) is 22.7 Å². The van der Waals surface area contributed by atoms with E-state index in [2.05, 4.69) is 27.5 Å². The third-order valence-electron chi connectivity index (χ3n) is 5.09. The Morgan fingerprint density at radius 1 is 0.967 bits per heavy atom. The maximum absolute atomic E-state index is 12.3. The number of hydrogen-bond acceptors (Lipinski definition) is 5. The second-order valence-corrected chi connectivity index (χ2v) is 7.36. The van der Waals surface area contributed by atoms with E-state index in [0.717, 1.165) is 39.3 Å². The third kappa shape index (κ3) is 3.74. The van der Waals surface area contributed by atoms with Crippen LogP contribution in [-0.2, 0) is 13.7 Å². The van der Waals surface area contributed by atoms with Gasteiger partial charge in [0.25, 0.3) is 0 Å². The Balaban J connectivity index is 1.60. The number of aromatic nitrogens is 5. The maximum Gasteiger partial charge on any atom is 0.368 e. The van der Waals surface area contributed by atoms with Gasteiger partial charge in [0.05, 0.1) is 11.4 Å². The van der Waals surface area contributed by atoms with Crippen molar-refractivity contribution in [2.24, 2.45) is 7.05 Å². The van der Waals surface area contributed by atoms with Crippen molar-refractivity contribution in [1.82, 2.24) is 24.8 Å². The smallest absolute Gasteiger partial charge is 0.368 e. The Labute approximate surface area is 174 Å². The number of aryl methyl sites for hydroxylation is 4. The predicted molar refractivity (Wildman–Crippen MR) is 115 cm³/mol. The molecule has 152 valence electrons. The molecule has 0 atom stereocenters. The zero-order valence-corrected chi connectivity index (χ0v) is 17.5. The number of tetrazole rings is 1. The van der Waals surface area contributed by atoms with Crippen molar-refractivity contribution in [1.29, 1.82) is 0 Å². The van der Waals surface area contributed by atoms with Gasteiger partial charge >= 0.3 is 5.69 Å². The summed E-state index contributed by atoms with van der Waals surface area (Å²) >= 11 is 0. The van der Waals surface area contributed by atoms with Crippen LogP contribution in [0.2, 0.25) is 0 Å². The highest BCUT2D eigenvalue weighted by Gasteiger charge is 2.14. The molecule has 2 aromatic heterocycles. The van der Waals surface area contributed by atoms with Gasteiger partial charge in [-0.15, -0.1) is 0 Å². The number of pyridine rings is 1. The molecular weight excluding hydrogens is 378 g/mol. The van der Waals surface area contributed by atoms with E-state index in [0.29, 0.717) is 12.3 Å². The molecule has 0 aliphatic carbocycles. The van der Waals surface area contributed by atoms with Crippen molar-refractivity contribution >= 4 is 0 Å². The largest absolute Gasteiger partial charge is 0.489 e. The van der Waals surface area contributed by atoms with E-state index in [-0.39, 0.29) is 5.69 Å². The molecule has 7 nitrogen and oxygen atoms in total. The molecule has 0 aliphatic heterocycles. The molecule has 0 radical (unpaired) electrons. The summed E-state index contributed by atoms with van der Waals surface area (Å²) in [5.74, 6) is 0.784. The number of benzene rings is 2. The zero-order valence-electron chi connectivity index (χ0n) is 17.5. The van der Waals surface area contributed by atoms with Crippen LogP contribution in [-0.4, -0.2) is 24.8 Å². The van der Waals surface area contributed by atoms with Gasteiger partial charge in [-0.2, -0.15) is 9.36 Å². The fraction of sp³-hybridized carbons (Fsp3) is 0.217. The molecule has 0 bridgehead atoms. The summed E-state index contributed by atoms with van der Waals surface area (Å²) in [5.41, 5.74) is 6.40. The maximum atomic E-state index is 12.3. The van der Waals surface area contributed by atoms with Crippen molar-refractivity contribution < 1.29 is 4.74 Å². The van der Waals surface area contributed by atoms with Crippen LogP contribution in [0.4, 0.5) is 0 Å². The molecule has 0 amide bonds. The van der Waals surface area contributed by atoms with E-state index >= 15 is 0 Å². The lowest BCUT2D eigenvalue weighted by molar-refractivity contribution is 0.302. The summed E-state index contributed by atoms with van der Waals surface area (Å²) < 4.78 is 8.63. The molecule has 0 spiro atoms. The summed E-state index contributed by atoms with van der Waals surface area (Å²) in [6, 6.07) is 15.8. The van der Waals surface area contributed by atoms with Crippen LogP contribution < -0.4 is 10.4 Å². The zero-order chi connectivity index (χ0) is 21.3. The Bertz CT molecular complexity index is 1260. The predicted octanol–water partition coefficient (Wildman–Crippen LogP) is 3.53. The van der Waals surface area contributed by atoms with Crippen molar-refractivity contribution in [2.45, 2.75) is 27.4 Å². The minimum atomic E-state index is -0.298. The summed E-state index contributed by atoms with van der Waals surface area (Å²) in [6.07, 6.45) is 1.86. The van der Waals surface area contributed by atoms with Gasteiger partial charge in [-0.25, -0.2) is 4.79 Å². The molecule has 0 fully saturated rings. The highest BCUT2D eigenvalue weighted by Crippen LogP contribution is 2.27. The van der Waals surface area contributed by atoms with Crippen LogP contribution in [0, 0.1) is 20.8 Å². The van der Waals surface area contributed by atoms with E-state index in [1.807, 2.05) is 63.4 Å². The van der Waals surface area contributed by atoms with E-state index in [1.165, 1.54) is 9.36 Å². The molecule has 0 aliphatic rings. The van der Waals surface area contributed by atoms with Crippen molar-refractivity contribution in [2.75, 3.05) is 0 Å². The summed E-state index contributed by atoms with van der Waals surface area (Å²) in [5, 5.41) is 7.78. The number of rotatable bonds is 5. The second-order valence-electron chi connectivity index (χ2n) is 7.36. The molecule has 4 aromatic rings. The summed E-state index contributed by atoms with van der Waals surface area (Å²) in [7, 11) is 1.58. The Morgan fingerprint density at radius 2 is 1.80 bits per heavy atom. The van der Waals surface area contributed by atoms with Crippen LogP contribution in [0.15, 0.2) is 59.5 Å². The highest BCUT2D eigenvalue weighted by molar-refractivity contribution is 5.62. The molecule has 0 saturated heterocycles. The number of nitrogens with zero attached hydrogens (tertiary/aromatic N) is 5. The first-order chi connectivity index (χ1) is 14.4. The average molecular weight is 401 g/mol. The highest BCUT2D eigenvalue weighted by atomic mass is 16.5. The lowest BCUT2D eigenvalue weighted by Gasteiger charge is -2.15. The van der Waals surface area contributed by atoms with Crippen LogP contribution >= 0.6 is 0 Å². The molecule has 4 rings (SSSR count). The first-order valence-electron chi connectivity index (χ1n) is 9.68. The van der Waals surface area contributed by atoms with Gasteiger partial charge in [-0.1, -0.05) is 18.2 Å².